The number of benzene rings is 2. The summed E-state index contributed by atoms with van der Waals surface area (Å²) >= 11 is 7.77. The SMILES string of the molecule is CCN1C(=O)/C(=C\c2cc(C)n(-c3cccc(Cl)c3C)c2C)SC1=Nc1ccc(OC)cc1. The van der Waals surface area contributed by atoms with Crippen molar-refractivity contribution in [2.75, 3.05) is 13.7 Å². The second kappa shape index (κ2) is 9.49. The molecule has 7 heteroatoms. The van der Waals surface area contributed by atoms with Crippen LogP contribution in [0.3, 0.4) is 0 Å². The van der Waals surface area contributed by atoms with Gasteiger partial charge in [0.1, 0.15) is 5.75 Å². The van der Waals surface area contributed by atoms with E-state index in [1.54, 1.807) is 12.0 Å². The molecule has 1 saturated heterocycles. The minimum Gasteiger partial charge on any atom is -0.497 e. The van der Waals surface area contributed by atoms with Crippen molar-refractivity contribution in [3.8, 4) is 11.4 Å². The summed E-state index contributed by atoms with van der Waals surface area (Å²) in [7, 11) is 1.63. The highest BCUT2D eigenvalue weighted by Crippen LogP contribution is 2.36. The normalized spacial score (nSPS) is 16.3. The summed E-state index contributed by atoms with van der Waals surface area (Å²) in [5.74, 6) is 0.742. The standard InChI is InChI=1S/C26H26ClN3O2S/c1-6-29-25(31)24(33-26(29)28-20-10-12-21(32-5)13-11-20)15-19-14-16(2)30(18(19)4)23-9-7-8-22(27)17(23)3/h7-15H,6H2,1-5H3/b24-15+,28-26?. The summed E-state index contributed by atoms with van der Waals surface area (Å²) in [4.78, 5) is 20.2. The van der Waals surface area contributed by atoms with Crippen molar-refractivity contribution in [1.82, 2.24) is 9.47 Å². The highest BCUT2D eigenvalue weighted by Gasteiger charge is 2.32. The van der Waals surface area contributed by atoms with Crippen LogP contribution in [0, 0.1) is 20.8 Å². The monoisotopic (exact) mass is 479 g/mol. The molecule has 0 radical (unpaired) electrons. The smallest absolute Gasteiger partial charge is 0.266 e. The number of methoxy groups -OCH3 is 1. The molecule has 2 aromatic carbocycles. The number of nitrogens with zero attached hydrogens (tertiary/aromatic N) is 3. The second-order valence-corrected chi connectivity index (χ2v) is 9.21. The van der Waals surface area contributed by atoms with Crippen LogP contribution in [0.2, 0.25) is 5.02 Å². The molecule has 1 aromatic heterocycles. The largest absolute Gasteiger partial charge is 0.497 e. The van der Waals surface area contributed by atoms with E-state index in [0.29, 0.717) is 16.6 Å². The van der Waals surface area contributed by atoms with Gasteiger partial charge < -0.3 is 9.30 Å². The van der Waals surface area contributed by atoms with E-state index in [4.69, 9.17) is 21.3 Å². The van der Waals surface area contributed by atoms with Crippen LogP contribution in [0.5, 0.6) is 5.75 Å². The van der Waals surface area contributed by atoms with Gasteiger partial charge in [-0.2, -0.15) is 0 Å². The minimum atomic E-state index is -0.0292. The molecule has 33 heavy (non-hydrogen) atoms. The number of hydrogen-bond acceptors (Lipinski definition) is 4. The molecule has 1 fully saturated rings. The Morgan fingerprint density at radius 2 is 1.85 bits per heavy atom. The maximum atomic E-state index is 13.1. The van der Waals surface area contributed by atoms with Gasteiger partial charge in [0.25, 0.3) is 5.91 Å². The zero-order valence-corrected chi connectivity index (χ0v) is 20.9. The summed E-state index contributed by atoms with van der Waals surface area (Å²) < 4.78 is 7.40. The van der Waals surface area contributed by atoms with E-state index in [2.05, 4.69) is 30.5 Å². The summed E-state index contributed by atoms with van der Waals surface area (Å²) in [5.41, 5.74) is 5.99. The number of thioether (sulfide) groups is 1. The van der Waals surface area contributed by atoms with E-state index < -0.39 is 0 Å². The Labute approximate surface area is 203 Å². The van der Waals surface area contributed by atoms with E-state index in [9.17, 15) is 4.79 Å². The number of aryl methyl sites for hydroxylation is 1. The van der Waals surface area contributed by atoms with Gasteiger partial charge in [-0.3, -0.25) is 9.69 Å². The first kappa shape index (κ1) is 23.2. The molecule has 0 unspecified atom stereocenters. The number of ether oxygens (including phenoxy) is 1. The van der Waals surface area contributed by atoms with E-state index in [1.165, 1.54) is 11.8 Å². The van der Waals surface area contributed by atoms with Crippen molar-refractivity contribution < 1.29 is 9.53 Å². The van der Waals surface area contributed by atoms with E-state index in [0.717, 1.165) is 44.7 Å². The molecule has 2 heterocycles. The third kappa shape index (κ3) is 4.45. The lowest BCUT2D eigenvalue weighted by atomic mass is 10.2. The van der Waals surface area contributed by atoms with E-state index >= 15 is 0 Å². The zero-order chi connectivity index (χ0) is 23.7. The average Bonchev–Trinajstić information content (AvgIpc) is 3.25. The number of likely N-dealkylation sites (N-methyl/N-ethyl adjacent to an activating group) is 1. The van der Waals surface area contributed by atoms with Gasteiger partial charge in [0.05, 0.1) is 17.7 Å². The molecule has 170 valence electrons. The number of amides is 1. The maximum Gasteiger partial charge on any atom is 0.266 e. The first-order chi connectivity index (χ1) is 15.8. The number of amidine groups is 1. The van der Waals surface area contributed by atoms with Crippen LogP contribution in [0.25, 0.3) is 11.8 Å². The van der Waals surface area contributed by atoms with Crippen molar-refractivity contribution in [3.05, 3.63) is 81.0 Å². The molecule has 0 bridgehead atoms. The van der Waals surface area contributed by atoms with Gasteiger partial charge in [-0.15, -0.1) is 0 Å². The Hall–Kier alpha value is -2.96. The van der Waals surface area contributed by atoms with Gasteiger partial charge in [0, 0.05) is 28.6 Å². The summed E-state index contributed by atoms with van der Waals surface area (Å²) in [6.45, 7) is 8.66. The number of hydrogen-bond donors (Lipinski definition) is 0. The molecular weight excluding hydrogens is 454 g/mol. The molecule has 0 atom stereocenters. The number of carbonyl (C=O) groups is 1. The van der Waals surface area contributed by atoms with E-state index in [-0.39, 0.29) is 5.91 Å². The molecule has 1 aliphatic rings. The van der Waals surface area contributed by atoms with Crippen molar-refractivity contribution in [2.24, 2.45) is 4.99 Å². The molecule has 1 amide bonds. The van der Waals surface area contributed by atoms with Crippen LogP contribution in [0.4, 0.5) is 5.69 Å². The predicted octanol–water partition coefficient (Wildman–Crippen LogP) is 6.69. The zero-order valence-electron chi connectivity index (χ0n) is 19.3. The van der Waals surface area contributed by atoms with Crippen LogP contribution < -0.4 is 4.74 Å². The molecule has 4 rings (SSSR count). The van der Waals surface area contributed by atoms with Crippen LogP contribution >= 0.6 is 23.4 Å². The number of rotatable bonds is 5. The Morgan fingerprint density at radius 1 is 1.12 bits per heavy atom. The number of aliphatic imine (C=N–C) groups is 1. The predicted molar refractivity (Wildman–Crippen MR) is 138 cm³/mol. The second-order valence-electron chi connectivity index (χ2n) is 7.80. The molecular formula is C26H26ClN3O2S. The Kier molecular flexibility index (Phi) is 6.68. The highest BCUT2D eigenvalue weighted by atomic mass is 35.5. The van der Waals surface area contributed by atoms with Gasteiger partial charge >= 0.3 is 0 Å². The summed E-state index contributed by atoms with van der Waals surface area (Å²) in [5, 5.41) is 1.41. The number of carbonyl (C=O) groups excluding carboxylic acids is 1. The molecule has 0 spiro atoms. The van der Waals surface area contributed by atoms with Crippen molar-refractivity contribution in [1.29, 1.82) is 0 Å². The molecule has 0 N–H and O–H groups in total. The fourth-order valence-corrected chi connectivity index (χ4v) is 5.14. The Balaban J connectivity index is 1.70. The fraction of sp³-hybridized carbons (Fsp3) is 0.231. The van der Waals surface area contributed by atoms with Crippen LogP contribution in [0.15, 0.2) is 58.4 Å². The number of aromatic nitrogens is 1. The topological polar surface area (TPSA) is 46.8 Å². The average molecular weight is 480 g/mol. The molecule has 1 aliphatic heterocycles. The van der Waals surface area contributed by atoms with Crippen molar-refractivity contribution >= 4 is 46.2 Å². The van der Waals surface area contributed by atoms with Gasteiger partial charge in [0.2, 0.25) is 0 Å². The lowest BCUT2D eigenvalue weighted by molar-refractivity contribution is -0.122. The van der Waals surface area contributed by atoms with Crippen LogP contribution in [0.1, 0.15) is 29.4 Å². The van der Waals surface area contributed by atoms with E-state index in [1.807, 2.05) is 56.3 Å². The molecule has 0 saturated carbocycles. The van der Waals surface area contributed by atoms with Gasteiger partial charge in [-0.25, -0.2) is 4.99 Å². The quantitative estimate of drug-likeness (QED) is 0.383. The third-order valence-corrected chi connectivity index (χ3v) is 7.15. The molecule has 3 aromatic rings. The molecule has 0 aliphatic carbocycles. The third-order valence-electron chi connectivity index (χ3n) is 5.74. The van der Waals surface area contributed by atoms with Gasteiger partial charge in [-0.05, 0) is 99.1 Å². The van der Waals surface area contributed by atoms with Gasteiger partial charge in [0.15, 0.2) is 5.17 Å². The lowest BCUT2D eigenvalue weighted by Gasteiger charge is -2.13. The first-order valence-electron chi connectivity index (χ1n) is 10.7. The fourth-order valence-electron chi connectivity index (χ4n) is 3.92. The molecule has 5 nitrogen and oxygen atoms in total. The van der Waals surface area contributed by atoms with Crippen LogP contribution in [-0.4, -0.2) is 34.2 Å². The van der Waals surface area contributed by atoms with Crippen molar-refractivity contribution in [3.63, 3.8) is 0 Å². The van der Waals surface area contributed by atoms with Gasteiger partial charge in [-0.1, -0.05) is 17.7 Å². The van der Waals surface area contributed by atoms with Crippen molar-refractivity contribution in [2.45, 2.75) is 27.7 Å². The Morgan fingerprint density at radius 3 is 2.52 bits per heavy atom. The highest BCUT2D eigenvalue weighted by molar-refractivity contribution is 8.18. The lowest BCUT2D eigenvalue weighted by Crippen LogP contribution is -2.28. The first-order valence-corrected chi connectivity index (χ1v) is 11.9. The maximum absolute atomic E-state index is 13.1. The van der Waals surface area contributed by atoms with Crippen LogP contribution in [-0.2, 0) is 4.79 Å². The number of halogens is 1. The summed E-state index contributed by atoms with van der Waals surface area (Å²) in [6.07, 6.45) is 1.96. The summed E-state index contributed by atoms with van der Waals surface area (Å²) in [6, 6.07) is 15.5. The minimum absolute atomic E-state index is 0.0292. The Bertz CT molecular complexity index is 1280.